The van der Waals surface area contributed by atoms with Crippen molar-refractivity contribution in [1.82, 2.24) is 10.6 Å². The van der Waals surface area contributed by atoms with E-state index in [1.807, 2.05) is 12.1 Å². The minimum absolute atomic E-state index is 0.835. The first-order valence-electron chi connectivity index (χ1n) is 6.43. The standard InChI is InChI=1S/C14H22N2O/c1-17-14-4-2-3-13(9-14)11-16-10-12-5-7-15-8-6-12/h2-4,9,12,15-16H,5-8,10-11H2,1H3. The second-order valence-corrected chi connectivity index (χ2v) is 4.68. The van der Waals surface area contributed by atoms with E-state index in [4.69, 9.17) is 4.74 Å². The molecule has 0 bridgehead atoms. The fraction of sp³-hybridized carbons (Fsp3) is 0.571. The molecular weight excluding hydrogens is 212 g/mol. The Morgan fingerprint density at radius 2 is 2.18 bits per heavy atom. The Hall–Kier alpha value is -1.06. The predicted molar refractivity (Wildman–Crippen MR) is 70.3 cm³/mol. The van der Waals surface area contributed by atoms with Gasteiger partial charge in [0.05, 0.1) is 7.11 Å². The van der Waals surface area contributed by atoms with Crippen LogP contribution in [0, 0.1) is 5.92 Å². The maximum absolute atomic E-state index is 5.22. The van der Waals surface area contributed by atoms with Crippen LogP contribution in [0.2, 0.25) is 0 Å². The van der Waals surface area contributed by atoms with E-state index in [1.165, 1.54) is 31.5 Å². The average molecular weight is 234 g/mol. The minimum atomic E-state index is 0.835. The van der Waals surface area contributed by atoms with Crippen LogP contribution in [-0.2, 0) is 6.54 Å². The summed E-state index contributed by atoms with van der Waals surface area (Å²) in [6, 6.07) is 8.25. The molecule has 3 nitrogen and oxygen atoms in total. The lowest BCUT2D eigenvalue weighted by Gasteiger charge is -2.22. The maximum Gasteiger partial charge on any atom is 0.119 e. The summed E-state index contributed by atoms with van der Waals surface area (Å²) in [6.07, 6.45) is 2.59. The minimum Gasteiger partial charge on any atom is -0.497 e. The van der Waals surface area contributed by atoms with E-state index in [9.17, 15) is 0 Å². The molecule has 0 aromatic heterocycles. The molecule has 0 saturated carbocycles. The van der Waals surface area contributed by atoms with Crippen LogP contribution in [0.25, 0.3) is 0 Å². The third-order valence-corrected chi connectivity index (χ3v) is 3.36. The molecule has 1 saturated heterocycles. The second kappa shape index (κ2) is 6.62. The third kappa shape index (κ3) is 4.02. The van der Waals surface area contributed by atoms with Gasteiger partial charge in [0.25, 0.3) is 0 Å². The van der Waals surface area contributed by atoms with Crippen molar-refractivity contribution in [2.45, 2.75) is 19.4 Å². The molecule has 1 aromatic carbocycles. The first-order valence-corrected chi connectivity index (χ1v) is 6.43. The van der Waals surface area contributed by atoms with Gasteiger partial charge in [-0.1, -0.05) is 12.1 Å². The average Bonchev–Trinajstić information content (AvgIpc) is 2.40. The summed E-state index contributed by atoms with van der Waals surface area (Å²) < 4.78 is 5.22. The maximum atomic E-state index is 5.22. The van der Waals surface area contributed by atoms with Crippen LogP contribution in [0.1, 0.15) is 18.4 Å². The molecule has 1 heterocycles. The molecule has 0 unspecified atom stereocenters. The van der Waals surface area contributed by atoms with Gasteiger partial charge in [-0.15, -0.1) is 0 Å². The highest BCUT2D eigenvalue weighted by atomic mass is 16.5. The van der Waals surface area contributed by atoms with Crippen molar-refractivity contribution in [2.75, 3.05) is 26.7 Å². The molecule has 0 amide bonds. The zero-order valence-corrected chi connectivity index (χ0v) is 10.5. The first kappa shape index (κ1) is 12.4. The highest BCUT2D eigenvalue weighted by Crippen LogP contribution is 2.13. The number of hydrogen-bond acceptors (Lipinski definition) is 3. The Morgan fingerprint density at radius 1 is 1.35 bits per heavy atom. The molecule has 0 spiro atoms. The summed E-state index contributed by atoms with van der Waals surface area (Å²) in [5.41, 5.74) is 1.29. The van der Waals surface area contributed by atoms with E-state index in [0.717, 1.165) is 24.8 Å². The molecule has 2 N–H and O–H groups in total. The molecular formula is C14H22N2O. The number of ether oxygens (including phenoxy) is 1. The monoisotopic (exact) mass is 234 g/mol. The number of piperidine rings is 1. The summed E-state index contributed by atoms with van der Waals surface area (Å²) >= 11 is 0. The van der Waals surface area contributed by atoms with Gasteiger partial charge in [0.15, 0.2) is 0 Å². The molecule has 17 heavy (non-hydrogen) atoms. The lowest BCUT2D eigenvalue weighted by Crippen LogP contribution is -2.33. The fourth-order valence-electron chi connectivity index (χ4n) is 2.29. The van der Waals surface area contributed by atoms with Crippen LogP contribution in [0.4, 0.5) is 0 Å². The molecule has 0 atom stereocenters. The molecule has 1 aliphatic heterocycles. The summed E-state index contributed by atoms with van der Waals surface area (Å²) in [5, 5.41) is 6.93. The van der Waals surface area contributed by atoms with E-state index in [-0.39, 0.29) is 0 Å². The normalized spacial score (nSPS) is 17.0. The quantitative estimate of drug-likeness (QED) is 0.815. The van der Waals surface area contributed by atoms with Gasteiger partial charge < -0.3 is 15.4 Å². The van der Waals surface area contributed by atoms with E-state index in [2.05, 4.69) is 22.8 Å². The van der Waals surface area contributed by atoms with E-state index in [0.29, 0.717) is 0 Å². The van der Waals surface area contributed by atoms with Crippen molar-refractivity contribution < 1.29 is 4.74 Å². The van der Waals surface area contributed by atoms with Gasteiger partial charge >= 0.3 is 0 Å². The molecule has 1 fully saturated rings. The van der Waals surface area contributed by atoms with Gasteiger partial charge in [-0.2, -0.15) is 0 Å². The summed E-state index contributed by atoms with van der Waals surface area (Å²) in [6.45, 7) is 4.40. The van der Waals surface area contributed by atoms with Crippen LogP contribution in [0.5, 0.6) is 5.75 Å². The topological polar surface area (TPSA) is 33.3 Å². The van der Waals surface area contributed by atoms with Crippen LogP contribution in [0.3, 0.4) is 0 Å². The molecule has 0 aliphatic carbocycles. The molecule has 94 valence electrons. The lowest BCUT2D eigenvalue weighted by molar-refractivity contribution is 0.356. The van der Waals surface area contributed by atoms with Crippen molar-refractivity contribution in [3.63, 3.8) is 0 Å². The Labute approximate surface area is 104 Å². The van der Waals surface area contributed by atoms with Crippen molar-refractivity contribution in [2.24, 2.45) is 5.92 Å². The van der Waals surface area contributed by atoms with Crippen LogP contribution in [0.15, 0.2) is 24.3 Å². The van der Waals surface area contributed by atoms with Gasteiger partial charge in [-0.25, -0.2) is 0 Å². The molecule has 1 aliphatic rings. The Bertz CT molecular complexity index is 335. The number of benzene rings is 1. The van der Waals surface area contributed by atoms with E-state index < -0.39 is 0 Å². The highest BCUT2D eigenvalue weighted by molar-refractivity contribution is 5.28. The largest absolute Gasteiger partial charge is 0.497 e. The van der Waals surface area contributed by atoms with Gasteiger partial charge in [0, 0.05) is 6.54 Å². The number of hydrogen-bond donors (Lipinski definition) is 2. The number of methoxy groups -OCH3 is 1. The lowest BCUT2D eigenvalue weighted by atomic mass is 9.98. The second-order valence-electron chi connectivity index (χ2n) is 4.68. The number of rotatable bonds is 5. The van der Waals surface area contributed by atoms with E-state index >= 15 is 0 Å². The summed E-state index contributed by atoms with van der Waals surface area (Å²) in [7, 11) is 1.71. The molecule has 1 aromatic rings. The van der Waals surface area contributed by atoms with Crippen LogP contribution < -0.4 is 15.4 Å². The highest BCUT2D eigenvalue weighted by Gasteiger charge is 2.11. The first-order chi connectivity index (χ1) is 8.38. The summed E-state index contributed by atoms with van der Waals surface area (Å²) in [4.78, 5) is 0. The predicted octanol–water partition coefficient (Wildman–Crippen LogP) is 1.78. The van der Waals surface area contributed by atoms with Gasteiger partial charge in [-0.3, -0.25) is 0 Å². The van der Waals surface area contributed by atoms with E-state index in [1.54, 1.807) is 7.11 Å². The van der Waals surface area contributed by atoms with Crippen LogP contribution in [-0.4, -0.2) is 26.7 Å². The van der Waals surface area contributed by atoms with Crippen molar-refractivity contribution in [3.8, 4) is 5.75 Å². The van der Waals surface area contributed by atoms with Gasteiger partial charge in [0.2, 0.25) is 0 Å². The SMILES string of the molecule is COc1cccc(CNCC2CCNCC2)c1. The van der Waals surface area contributed by atoms with Gasteiger partial charge in [-0.05, 0) is 56.1 Å². The zero-order chi connectivity index (χ0) is 11.9. The fourth-order valence-corrected chi connectivity index (χ4v) is 2.29. The Balaban J connectivity index is 1.73. The number of nitrogens with one attached hydrogen (secondary N) is 2. The Morgan fingerprint density at radius 3 is 2.94 bits per heavy atom. The zero-order valence-electron chi connectivity index (χ0n) is 10.5. The summed E-state index contributed by atoms with van der Waals surface area (Å²) in [5.74, 6) is 1.77. The molecule has 0 radical (unpaired) electrons. The smallest absolute Gasteiger partial charge is 0.119 e. The van der Waals surface area contributed by atoms with Crippen LogP contribution >= 0.6 is 0 Å². The molecule has 3 heteroatoms. The third-order valence-electron chi connectivity index (χ3n) is 3.36. The van der Waals surface area contributed by atoms with Crippen molar-refractivity contribution >= 4 is 0 Å². The van der Waals surface area contributed by atoms with Crippen molar-refractivity contribution in [1.29, 1.82) is 0 Å². The Kier molecular flexibility index (Phi) is 4.83. The molecule has 2 rings (SSSR count). The van der Waals surface area contributed by atoms with Crippen molar-refractivity contribution in [3.05, 3.63) is 29.8 Å². The van der Waals surface area contributed by atoms with Gasteiger partial charge in [0.1, 0.15) is 5.75 Å².